The first-order chi connectivity index (χ1) is 7.13. The third-order valence-corrected chi connectivity index (χ3v) is 2.13. The molecule has 0 fully saturated rings. The average Bonchev–Trinajstić information content (AvgIpc) is 2.59. The van der Waals surface area contributed by atoms with Gasteiger partial charge >= 0.3 is 5.82 Å². The minimum Gasteiger partial charge on any atom is -0.358 e. The van der Waals surface area contributed by atoms with Crippen LogP contribution in [0.1, 0.15) is 5.69 Å². The molecule has 0 atom stereocenters. The fourth-order valence-corrected chi connectivity index (χ4v) is 1.39. The number of nitro groups is 1. The zero-order valence-electron chi connectivity index (χ0n) is 8.04. The maximum absolute atomic E-state index is 10.8. The van der Waals surface area contributed by atoms with E-state index in [9.17, 15) is 10.1 Å². The van der Waals surface area contributed by atoms with Gasteiger partial charge in [-0.15, -0.1) is 0 Å². The number of hydrogen-bond donors (Lipinski definition) is 0. The molecule has 0 spiro atoms. The summed E-state index contributed by atoms with van der Waals surface area (Å²) in [4.78, 5) is 14.1. The van der Waals surface area contributed by atoms with Crippen molar-refractivity contribution in [1.82, 2.24) is 14.8 Å². The predicted octanol–water partition coefficient (Wildman–Crippen LogP) is 1.52. The van der Waals surface area contributed by atoms with Crippen LogP contribution in [0.25, 0.3) is 17.0 Å². The maximum Gasteiger partial charge on any atom is 0.375 e. The fourth-order valence-electron chi connectivity index (χ4n) is 1.39. The Morgan fingerprint density at radius 3 is 3.00 bits per heavy atom. The topological polar surface area (TPSA) is 73.8 Å². The highest BCUT2D eigenvalue weighted by molar-refractivity contribution is 5.87. The van der Waals surface area contributed by atoms with Gasteiger partial charge < -0.3 is 10.1 Å². The highest BCUT2D eigenvalue weighted by Gasteiger charge is 2.18. The lowest BCUT2D eigenvalue weighted by molar-refractivity contribution is -0.387. The zero-order chi connectivity index (χ0) is 11.0. The van der Waals surface area contributed by atoms with Crippen LogP contribution >= 0.6 is 0 Å². The Labute approximate surface area is 85.0 Å². The quantitative estimate of drug-likeness (QED) is 0.549. The van der Waals surface area contributed by atoms with Gasteiger partial charge in [0.1, 0.15) is 5.39 Å². The molecule has 0 aliphatic rings. The van der Waals surface area contributed by atoms with Gasteiger partial charge in [-0.05, 0) is 16.0 Å². The van der Waals surface area contributed by atoms with E-state index in [1.807, 2.05) is 0 Å². The SMILES string of the molecule is C=Cc1cc2c(cnn2C)c([N+](=O)[O-])n1. The largest absolute Gasteiger partial charge is 0.375 e. The van der Waals surface area contributed by atoms with Gasteiger partial charge in [-0.3, -0.25) is 4.68 Å². The van der Waals surface area contributed by atoms with Crippen LogP contribution in [0, 0.1) is 10.1 Å². The van der Waals surface area contributed by atoms with Crippen LogP contribution in [0.15, 0.2) is 18.8 Å². The van der Waals surface area contributed by atoms with Gasteiger partial charge in [0.15, 0.2) is 5.69 Å². The third-order valence-electron chi connectivity index (χ3n) is 2.13. The average molecular weight is 204 g/mol. The monoisotopic (exact) mass is 204 g/mol. The molecule has 0 amide bonds. The molecule has 0 aromatic carbocycles. The summed E-state index contributed by atoms with van der Waals surface area (Å²) in [5, 5.41) is 15.2. The van der Waals surface area contributed by atoms with E-state index in [1.165, 1.54) is 12.3 Å². The Morgan fingerprint density at radius 2 is 2.40 bits per heavy atom. The van der Waals surface area contributed by atoms with E-state index < -0.39 is 4.92 Å². The molecule has 2 aromatic heterocycles. The van der Waals surface area contributed by atoms with Gasteiger partial charge in [0.05, 0.1) is 11.7 Å². The minimum atomic E-state index is -0.517. The second-order valence-corrected chi connectivity index (χ2v) is 3.03. The number of aryl methyl sites for hydroxylation is 1. The molecule has 6 nitrogen and oxygen atoms in total. The van der Waals surface area contributed by atoms with Crippen LogP contribution in [-0.2, 0) is 7.05 Å². The Balaban J connectivity index is 2.88. The number of fused-ring (bicyclic) bond motifs is 1. The number of rotatable bonds is 2. The second kappa shape index (κ2) is 3.16. The summed E-state index contributed by atoms with van der Waals surface area (Å²) in [6.45, 7) is 3.54. The van der Waals surface area contributed by atoms with Crippen molar-refractivity contribution in [3.8, 4) is 0 Å². The molecule has 0 saturated carbocycles. The van der Waals surface area contributed by atoms with E-state index in [0.29, 0.717) is 16.6 Å². The van der Waals surface area contributed by atoms with Crippen molar-refractivity contribution >= 4 is 22.8 Å². The van der Waals surface area contributed by atoms with E-state index in [-0.39, 0.29) is 5.82 Å². The molecule has 2 heterocycles. The molecular formula is C9H8N4O2. The maximum atomic E-state index is 10.8. The van der Waals surface area contributed by atoms with E-state index in [4.69, 9.17) is 0 Å². The van der Waals surface area contributed by atoms with Gasteiger partial charge in [-0.1, -0.05) is 6.58 Å². The Morgan fingerprint density at radius 1 is 1.67 bits per heavy atom. The predicted molar refractivity (Wildman–Crippen MR) is 55.3 cm³/mol. The molecule has 6 heteroatoms. The molecule has 0 saturated heterocycles. The van der Waals surface area contributed by atoms with Crippen molar-refractivity contribution in [1.29, 1.82) is 0 Å². The standard InChI is InChI=1S/C9H8N4O2/c1-3-6-4-8-7(5-10-12(8)2)9(11-6)13(14)15/h3-5H,1H2,2H3. The molecular weight excluding hydrogens is 196 g/mol. The summed E-state index contributed by atoms with van der Waals surface area (Å²) in [6, 6.07) is 1.71. The van der Waals surface area contributed by atoms with Gasteiger partial charge in [-0.2, -0.15) is 5.10 Å². The highest BCUT2D eigenvalue weighted by Crippen LogP contribution is 2.23. The summed E-state index contributed by atoms with van der Waals surface area (Å²) in [5.41, 5.74) is 1.14. The summed E-state index contributed by atoms with van der Waals surface area (Å²) in [5.74, 6) is -0.185. The van der Waals surface area contributed by atoms with Crippen molar-refractivity contribution in [2.75, 3.05) is 0 Å². The van der Waals surface area contributed by atoms with Crippen molar-refractivity contribution in [3.63, 3.8) is 0 Å². The molecule has 0 aliphatic carbocycles. The van der Waals surface area contributed by atoms with Crippen LogP contribution in [-0.4, -0.2) is 19.7 Å². The molecule has 2 aromatic rings. The minimum absolute atomic E-state index is 0.185. The smallest absolute Gasteiger partial charge is 0.358 e. The highest BCUT2D eigenvalue weighted by atomic mass is 16.6. The molecule has 0 aliphatic heterocycles. The van der Waals surface area contributed by atoms with Crippen molar-refractivity contribution in [2.24, 2.45) is 7.05 Å². The second-order valence-electron chi connectivity index (χ2n) is 3.03. The van der Waals surface area contributed by atoms with Crippen molar-refractivity contribution in [3.05, 3.63) is 34.7 Å². The first kappa shape index (κ1) is 9.32. The first-order valence-electron chi connectivity index (χ1n) is 4.23. The molecule has 0 N–H and O–H groups in total. The lowest BCUT2D eigenvalue weighted by Gasteiger charge is -1.96. The number of pyridine rings is 1. The molecule has 76 valence electrons. The Bertz CT molecular complexity index is 558. The first-order valence-corrected chi connectivity index (χ1v) is 4.23. The molecule has 15 heavy (non-hydrogen) atoms. The normalized spacial score (nSPS) is 10.5. The summed E-state index contributed by atoms with van der Waals surface area (Å²) >= 11 is 0. The van der Waals surface area contributed by atoms with Gasteiger partial charge in [0.2, 0.25) is 0 Å². The van der Waals surface area contributed by atoms with Crippen LogP contribution in [0.4, 0.5) is 5.82 Å². The molecule has 0 bridgehead atoms. The molecule has 0 unspecified atom stereocenters. The van der Waals surface area contributed by atoms with E-state index >= 15 is 0 Å². The number of aromatic nitrogens is 3. The third kappa shape index (κ3) is 1.35. The van der Waals surface area contributed by atoms with Crippen molar-refractivity contribution in [2.45, 2.75) is 0 Å². The van der Waals surface area contributed by atoms with Crippen LogP contribution in [0.5, 0.6) is 0 Å². The van der Waals surface area contributed by atoms with Gasteiger partial charge in [-0.25, -0.2) is 0 Å². The number of nitrogens with zero attached hydrogens (tertiary/aromatic N) is 4. The van der Waals surface area contributed by atoms with Gasteiger partial charge in [0.25, 0.3) is 0 Å². The number of hydrogen-bond acceptors (Lipinski definition) is 4. The molecule has 0 radical (unpaired) electrons. The van der Waals surface area contributed by atoms with E-state index in [1.54, 1.807) is 17.8 Å². The zero-order valence-corrected chi connectivity index (χ0v) is 8.04. The summed E-state index contributed by atoms with van der Waals surface area (Å²) in [7, 11) is 1.72. The summed E-state index contributed by atoms with van der Waals surface area (Å²) in [6.07, 6.45) is 2.91. The van der Waals surface area contributed by atoms with Crippen LogP contribution < -0.4 is 0 Å². The summed E-state index contributed by atoms with van der Waals surface area (Å²) < 4.78 is 1.57. The van der Waals surface area contributed by atoms with Crippen molar-refractivity contribution < 1.29 is 4.92 Å². The van der Waals surface area contributed by atoms with E-state index in [0.717, 1.165) is 0 Å². The van der Waals surface area contributed by atoms with E-state index in [2.05, 4.69) is 16.7 Å². The molecule has 2 rings (SSSR count). The fraction of sp³-hybridized carbons (Fsp3) is 0.111. The Kier molecular flexibility index (Phi) is 1.96. The van der Waals surface area contributed by atoms with Crippen LogP contribution in [0.3, 0.4) is 0 Å². The van der Waals surface area contributed by atoms with Crippen LogP contribution in [0.2, 0.25) is 0 Å². The lowest BCUT2D eigenvalue weighted by atomic mass is 10.2. The Hall–Kier alpha value is -2.24. The van der Waals surface area contributed by atoms with Gasteiger partial charge in [0, 0.05) is 13.1 Å². The lowest BCUT2D eigenvalue weighted by Crippen LogP contribution is -1.96.